The summed E-state index contributed by atoms with van der Waals surface area (Å²) >= 11 is 1.38. The molecule has 1 amide bonds. The number of ether oxygens (including phenoxy) is 2. The molecule has 1 aromatic heterocycles. The van der Waals surface area contributed by atoms with Gasteiger partial charge in [-0.3, -0.25) is 4.79 Å². The van der Waals surface area contributed by atoms with Gasteiger partial charge in [-0.05, 0) is 24.5 Å². The molecule has 3 rings (SSSR count). The van der Waals surface area contributed by atoms with E-state index in [0.717, 1.165) is 23.3 Å². The number of esters is 1. The Bertz CT molecular complexity index is 702. The molecule has 134 valence electrons. The van der Waals surface area contributed by atoms with Crippen molar-refractivity contribution in [2.75, 3.05) is 45.3 Å². The third kappa shape index (κ3) is 4.29. The molecule has 0 spiro atoms. The molecule has 2 aliphatic rings. The summed E-state index contributed by atoms with van der Waals surface area (Å²) in [5.74, 6) is -0.387. The molecule has 1 fully saturated rings. The Morgan fingerprint density at radius 3 is 2.80 bits per heavy atom. The molecular formula is C18H22N2O4S. The third-order valence-electron chi connectivity index (χ3n) is 4.18. The van der Waals surface area contributed by atoms with Gasteiger partial charge in [-0.1, -0.05) is 18.2 Å². The number of methoxy groups -OCH3 is 1. The van der Waals surface area contributed by atoms with Crippen LogP contribution in [0.2, 0.25) is 0 Å². The minimum absolute atomic E-state index is 0.00337. The van der Waals surface area contributed by atoms with Crippen molar-refractivity contribution < 1.29 is 19.1 Å². The monoisotopic (exact) mass is 362 g/mol. The van der Waals surface area contributed by atoms with Crippen molar-refractivity contribution in [1.82, 2.24) is 4.90 Å². The van der Waals surface area contributed by atoms with Crippen LogP contribution >= 0.6 is 11.3 Å². The molecule has 0 bridgehead atoms. The van der Waals surface area contributed by atoms with Crippen LogP contribution in [0.1, 0.15) is 27.4 Å². The number of carbonyl (C=O) groups is 2. The van der Waals surface area contributed by atoms with Gasteiger partial charge < -0.3 is 19.7 Å². The van der Waals surface area contributed by atoms with Gasteiger partial charge in [-0.25, -0.2) is 4.79 Å². The number of hydrogen-bond donors (Lipinski definition) is 1. The second-order valence-corrected chi connectivity index (χ2v) is 6.88. The van der Waals surface area contributed by atoms with E-state index in [4.69, 9.17) is 9.47 Å². The van der Waals surface area contributed by atoms with Crippen LogP contribution in [0.15, 0.2) is 24.3 Å². The van der Waals surface area contributed by atoms with Crippen molar-refractivity contribution in [3.8, 4) is 0 Å². The minimum Gasteiger partial charge on any atom is -0.465 e. The molecule has 1 aliphatic carbocycles. The van der Waals surface area contributed by atoms with Crippen molar-refractivity contribution in [2.45, 2.75) is 12.8 Å². The van der Waals surface area contributed by atoms with Gasteiger partial charge in [0.25, 0.3) is 0 Å². The highest BCUT2D eigenvalue weighted by Crippen LogP contribution is 2.34. The van der Waals surface area contributed by atoms with Gasteiger partial charge in [0, 0.05) is 18.0 Å². The van der Waals surface area contributed by atoms with Crippen molar-refractivity contribution in [2.24, 2.45) is 0 Å². The Hall–Kier alpha value is -2.12. The average molecular weight is 362 g/mol. The van der Waals surface area contributed by atoms with Crippen LogP contribution in [0.5, 0.6) is 0 Å². The largest absolute Gasteiger partial charge is 0.465 e. The molecule has 1 aromatic rings. The maximum atomic E-state index is 12.3. The maximum Gasteiger partial charge on any atom is 0.350 e. The molecular weight excluding hydrogens is 340 g/mol. The van der Waals surface area contributed by atoms with Crippen molar-refractivity contribution in [3.05, 3.63) is 34.0 Å². The van der Waals surface area contributed by atoms with Crippen molar-refractivity contribution in [1.29, 1.82) is 0 Å². The van der Waals surface area contributed by atoms with Crippen LogP contribution in [0.25, 0.3) is 5.57 Å². The molecule has 0 unspecified atom stereocenters. The lowest BCUT2D eigenvalue weighted by Crippen LogP contribution is -2.43. The Morgan fingerprint density at radius 1 is 1.32 bits per heavy atom. The first-order valence-corrected chi connectivity index (χ1v) is 9.19. The first-order chi connectivity index (χ1) is 12.2. The average Bonchev–Trinajstić information content (AvgIpc) is 3.11. The Labute approximate surface area is 151 Å². The number of morpholine rings is 1. The summed E-state index contributed by atoms with van der Waals surface area (Å²) in [6, 6.07) is 1.92. The normalized spacial score (nSPS) is 17.2. The van der Waals surface area contributed by atoms with Gasteiger partial charge in [-0.2, -0.15) is 0 Å². The minimum atomic E-state index is -0.391. The van der Waals surface area contributed by atoms with E-state index in [1.54, 1.807) is 4.90 Å². The number of amides is 1. The molecule has 25 heavy (non-hydrogen) atoms. The lowest BCUT2D eigenvalue weighted by molar-refractivity contribution is -0.133. The fourth-order valence-corrected chi connectivity index (χ4v) is 3.87. The summed E-state index contributed by atoms with van der Waals surface area (Å²) in [4.78, 5) is 27.6. The second kappa shape index (κ2) is 8.31. The van der Waals surface area contributed by atoms with Crippen LogP contribution in [-0.2, 0) is 14.3 Å². The summed E-state index contributed by atoms with van der Waals surface area (Å²) in [7, 11) is 1.37. The first-order valence-electron chi connectivity index (χ1n) is 8.37. The Kier molecular flexibility index (Phi) is 5.88. The molecule has 7 heteroatoms. The van der Waals surface area contributed by atoms with Crippen LogP contribution in [0.3, 0.4) is 0 Å². The fourth-order valence-electron chi connectivity index (χ4n) is 2.80. The molecule has 1 aliphatic heterocycles. The van der Waals surface area contributed by atoms with E-state index in [2.05, 4.69) is 23.5 Å². The standard InChI is InChI=1S/C18H22N2O4S/c1-23-18(22)17-14(11-15(25-17)13-5-3-2-4-6-13)19-12-16(21)20-7-9-24-10-8-20/h3,5-6,11,19H,2,4,7-10,12H2,1H3. The van der Waals surface area contributed by atoms with Gasteiger partial charge in [-0.15, -0.1) is 11.3 Å². The van der Waals surface area contributed by atoms with Gasteiger partial charge >= 0.3 is 5.97 Å². The number of nitrogens with one attached hydrogen (secondary N) is 1. The molecule has 0 aromatic carbocycles. The van der Waals surface area contributed by atoms with Crippen LogP contribution in [0.4, 0.5) is 5.69 Å². The SMILES string of the molecule is COC(=O)c1sc(C2=CCCC=C2)cc1NCC(=O)N1CCOCC1. The third-order valence-corrected chi connectivity index (χ3v) is 5.34. The summed E-state index contributed by atoms with van der Waals surface area (Å²) < 4.78 is 10.1. The number of nitrogens with zero attached hydrogens (tertiary/aromatic N) is 1. The summed E-state index contributed by atoms with van der Waals surface area (Å²) in [6.07, 6.45) is 8.39. The Balaban J connectivity index is 1.73. The number of anilines is 1. The van der Waals surface area contributed by atoms with E-state index in [1.807, 2.05) is 6.07 Å². The molecule has 1 saturated heterocycles. The van der Waals surface area contributed by atoms with E-state index in [0.29, 0.717) is 36.9 Å². The number of hydrogen-bond acceptors (Lipinski definition) is 6. The van der Waals surface area contributed by atoms with Crippen LogP contribution in [0, 0.1) is 0 Å². The van der Waals surface area contributed by atoms with Gasteiger partial charge in [0.1, 0.15) is 4.88 Å². The maximum absolute atomic E-state index is 12.3. The summed E-state index contributed by atoms with van der Waals surface area (Å²) in [5, 5.41) is 3.11. The molecule has 1 N–H and O–H groups in total. The first kappa shape index (κ1) is 17.7. The lowest BCUT2D eigenvalue weighted by atomic mass is 10.1. The van der Waals surface area contributed by atoms with Gasteiger partial charge in [0.15, 0.2) is 0 Å². The van der Waals surface area contributed by atoms with E-state index in [1.165, 1.54) is 18.4 Å². The van der Waals surface area contributed by atoms with E-state index < -0.39 is 5.97 Å². The topological polar surface area (TPSA) is 67.9 Å². The smallest absolute Gasteiger partial charge is 0.350 e. The lowest BCUT2D eigenvalue weighted by Gasteiger charge is -2.27. The number of rotatable bonds is 5. The van der Waals surface area contributed by atoms with Crippen LogP contribution in [-0.4, -0.2) is 56.7 Å². The highest BCUT2D eigenvalue weighted by Gasteiger charge is 2.21. The zero-order valence-electron chi connectivity index (χ0n) is 14.2. The summed E-state index contributed by atoms with van der Waals surface area (Å²) in [5.41, 5.74) is 1.75. The highest BCUT2D eigenvalue weighted by molar-refractivity contribution is 7.15. The van der Waals surface area contributed by atoms with Gasteiger partial charge in [0.05, 0.1) is 32.6 Å². The van der Waals surface area contributed by atoms with Crippen LogP contribution < -0.4 is 5.32 Å². The molecule has 2 heterocycles. The number of allylic oxidation sites excluding steroid dienone is 4. The zero-order chi connectivity index (χ0) is 17.6. The Morgan fingerprint density at radius 2 is 2.12 bits per heavy atom. The van der Waals surface area contributed by atoms with E-state index in [-0.39, 0.29) is 12.5 Å². The zero-order valence-corrected chi connectivity index (χ0v) is 15.1. The molecule has 0 atom stereocenters. The molecule has 6 nitrogen and oxygen atoms in total. The van der Waals surface area contributed by atoms with E-state index in [9.17, 15) is 9.59 Å². The molecule has 0 radical (unpaired) electrons. The second-order valence-electron chi connectivity index (χ2n) is 5.83. The predicted octanol–water partition coefficient (Wildman–Crippen LogP) is 2.54. The molecule has 0 saturated carbocycles. The predicted molar refractivity (Wildman–Crippen MR) is 97.9 cm³/mol. The van der Waals surface area contributed by atoms with E-state index >= 15 is 0 Å². The summed E-state index contributed by atoms with van der Waals surface area (Å²) in [6.45, 7) is 2.51. The van der Waals surface area contributed by atoms with Crippen molar-refractivity contribution >= 4 is 34.5 Å². The van der Waals surface area contributed by atoms with Crippen molar-refractivity contribution in [3.63, 3.8) is 0 Å². The van der Waals surface area contributed by atoms with Gasteiger partial charge in [0.2, 0.25) is 5.91 Å². The fraction of sp³-hybridized carbons (Fsp3) is 0.444. The highest BCUT2D eigenvalue weighted by atomic mass is 32.1. The number of carbonyl (C=O) groups excluding carboxylic acids is 2. The number of thiophene rings is 1. The quantitative estimate of drug-likeness (QED) is 0.816.